The number of carbonyl (C=O) groups excluding carboxylic acids is 2. The van der Waals surface area contributed by atoms with Crippen LogP contribution in [0.4, 0.5) is 4.79 Å². The van der Waals surface area contributed by atoms with E-state index in [1.54, 1.807) is 10.5 Å². The molecule has 0 radical (unpaired) electrons. The van der Waals surface area contributed by atoms with Crippen molar-refractivity contribution in [2.24, 2.45) is 46.3 Å². The van der Waals surface area contributed by atoms with Gasteiger partial charge in [0.05, 0.1) is 0 Å². The lowest BCUT2D eigenvalue weighted by Crippen LogP contribution is -2.51. The standard InChI is InChI=1S/C50H85Cl2NO4/c1-7-8-9-16-22-41(57-48(55)53(35-33-51)36-34-52)23-17-14-12-10-11-13-15-18-24-47(54)56-42-29-31-49(5)40(37-42)25-26-43-45-28-27-44(39(4)21-19-20-38(2)3)50(45,6)32-30-46(43)49/h14,17,25,38-39,41-46H,7-13,15-16,18-24,26-37H2,1-6H3/b17-14-. The molecule has 0 aromatic carbocycles. The molecule has 9 unspecified atom stereocenters. The van der Waals surface area contributed by atoms with Crippen LogP contribution in [0.3, 0.4) is 0 Å². The summed E-state index contributed by atoms with van der Waals surface area (Å²) in [7, 11) is 0. The van der Waals surface area contributed by atoms with Crippen molar-refractivity contribution in [2.45, 2.75) is 208 Å². The lowest BCUT2D eigenvalue weighted by molar-refractivity contribution is -0.151. The molecule has 1 amide bonds. The highest BCUT2D eigenvalue weighted by Gasteiger charge is 2.59. The van der Waals surface area contributed by atoms with Gasteiger partial charge in [0.25, 0.3) is 0 Å². The first-order chi connectivity index (χ1) is 27.5. The number of allylic oxidation sites excluding steroid dienone is 2. The monoisotopic (exact) mass is 834 g/mol. The van der Waals surface area contributed by atoms with Gasteiger partial charge in [0.15, 0.2) is 0 Å². The summed E-state index contributed by atoms with van der Waals surface area (Å²) in [6.45, 7) is 15.7. The molecule has 3 fully saturated rings. The van der Waals surface area contributed by atoms with Crippen LogP contribution in [0.5, 0.6) is 0 Å². The number of rotatable bonds is 26. The Labute approximate surface area is 360 Å². The second-order valence-electron chi connectivity index (χ2n) is 19.9. The summed E-state index contributed by atoms with van der Waals surface area (Å²) in [5.74, 6) is 5.86. The molecule has 0 spiro atoms. The molecule has 7 heteroatoms. The zero-order valence-electron chi connectivity index (χ0n) is 37.5. The highest BCUT2D eigenvalue weighted by Crippen LogP contribution is 2.67. The van der Waals surface area contributed by atoms with Crippen LogP contribution in [0.25, 0.3) is 0 Å². The minimum Gasteiger partial charge on any atom is -0.462 e. The summed E-state index contributed by atoms with van der Waals surface area (Å²) >= 11 is 11.8. The molecule has 0 aromatic rings. The first kappa shape index (κ1) is 48.5. The van der Waals surface area contributed by atoms with Gasteiger partial charge in [-0.25, -0.2) is 4.79 Å². The molecule has 3 saturated carbocycles. The summed E-state index contributed by atoms with van der Waals surface area (Å²) < 4.78 is 12.0. The summed E-state index contributed by atoms with van der Waals surface area (Å²) in [6.07, 6.45) is 34.2. The van der Waals surface area contributed by atoms with E-state index in [0.29, 0.717) is 42.1 Å². The van der Waals surface area contributed by atoms with Crippen LogP contribution in [0.15, 0.2) is 23.8 Å². The van der Waals surface area contributed by atoms with Gasteiger partial charge in [-0.1, -0.05) is 123 Å². The van der Waals surface area contributed by atoms with Crippen molar-refractivity contribution in [1.82, 2.24) is 4.90 Å². The van der Waals surface area contributed by atoms with Crippen LogP contribution in [0.2, 0.25) is 0 Å². The number of amides is 1. The summed E-state index contributed by atoms with van der Waals surface area (Å²) in [5, 5.41) is 0. The minimum atomic E-state index is -0.309. The maximum Gasteiger partial charge on any atom is 0.410 e. The van der Waals surface area contributed by atoms with Gasteiger partial charge in [-0.2, -0.15) is 0 Å². The predicted octanol–water partition coefficient (Wildman–Crippen LogP) is 14.9. The predicted molar refractivity (Wildman–Crippen MR) is 241 cm³/mol. The number of halogens is 2. The van der Waals surface area contributed by atoms with E-state index in [9.17, 15) is 9.59 Å². The maximum absolute atomic E-state index is 13.0. The van der Waals surface area contributed by atoms with Gasteiger partial charge in [-0.3, -0.25) is 4.79 Å². The Bertz CT molecular complexity index is 1250. The quantitative estimate of drug-likeness (QED) is 0.0377. The third-order valence-corrected chi connectivity index (χ3v) is 15.8. The van der Waals surface area contributed by atoms with E-state index in [-0.39, 0.29) is 24.3 Å². The first-order valence-electron chi connectivity index (χ1n) is 24.1. The van der Waals surface area contributed by atoms with Gasteiger partial charge >= 0.3 is 12.1 Å². The highest BCUT2D eigenvalue weighted by atomic mass is 35.5. The Morgan fingerprint density at radius 1 is 0.842 bits per heavy atom. The number of carbonyl (C=O) groups is 2. The normalized spacial score (nSPS) is 29.4. The molecule has 0 aromatic heterocycles. The number of nitrogens with zero attached hydrogens (tertiary/aromatic N) is 1. The third kappa shape index (κ3) is 14.2. The van der Waals surface area contributed by atoms with E-state index in [1.807, 2.05) is 0 Å². The number of esters is 1. The van der Waals surface area contributed by atoms with Crippen LogP contribution in [0, 0.1) is 46.3 Å². The van der Waals surface area contributed by atoms with E-state index in [0.717, 1.165) is 113 Å². The van der Waals surface area contributed by atoms with Crippen molar-refractivity contribution in [3.05, 3.63) is 23.8 Å². The fourth-order valence-electron chi connectivity index (χ4n) is 12.2. The Morgan fingerprint density at radius 3 is 2.32 bits per heavy atom. The van der Waals surface area contributed by atoms with Crippen LogP contribution in [0.1, 0.15) is 196 Å². The molecule has 328 valence electrons. The number of hydrogen-bond acceptors (Lipinski definition) is 4. The largest absolute Gasteiger partial charge is 0.462 e. The molecule has 0 heterocycles. The van der Waals surface area contributed by atoms with Crippen LogP contribution >= 0.6 is 23.2 Å². The van der Waals surface area contributed by atoms with Crippen molar-refractivity contribution in [3.8, 4) is 0 Å². The third-order valence-electron chi connectivity index (χ3n) is 15.5. The zero-order chi connectivity index (χ0) is 41.3. The highest BCUT2D eigenvalue weighted by molar-refractivity contribution is 6.18. The number of alkyl halides is 2. The lowest BCUT2D eigenvalue weighted by Gasteiger charge is -2.58. The molecule has 0 saturated heterocycles. The lowest BCUT2D eigenvalue weighted by atomic mass is 9.47. The Morgan fingerprint density at radius 2 is 1.58 bits per heavy atom. The topological polar surface area (TPSA) is 55.8 Å². The number of unbranched alkanes of at least 4 members (excludes halogenated alkanes) is 8. The average molecular weight is 835 g/mol. The van der Waals surface area contributed by atoms with Crippen molar-refractivity contribution >= 4 is 35.3 Å². The zero-order valence-corrected chi connectivity index (χ0v) is 39.0. The summed E-state index contributed by atoms with van der Waals surface area (Å²) in [5.41, 5.74) is 2.43. The van der Waals surface area contributed by atoms with Gasteiger partial charge in [-0.15, -0.1) is 23.2 Å². The smallest absolute Gasteiger partial charge is 0.410 e. The molecule has 57 heavy (non-hydrogen) atoms. The average Bonchev–Trinajstić information content (AvgIpc) is 3.54. The molecular formula is C50H85Cl2NO4. The molecule has 9 atom stereocenters. The number of ether oxygens (including phenoxy) is 2. The van der Waals surface area contributed by atoms with E-state index in [1.165, 1.54) is 70.6 Å². The number of fused-ring (bicyclic) bond motifs is 5. The van der Waals surface area contributed by atoms with Crippen molar-refractivity contribution in [1.29, 1.82) is 0 Å². The summed E-state index contributed by atoms with van der Waals surface area (Å²) in [4.78, 5) is 27.3. The minimum absolute atomic E-state index is 0.00662. The SMILES string of the molecule is CCCCCCC(C/C=C\CCCCCCCC(=O)OC1CCC2(C)C(=CCC3C2CCC2(C)C(C(C)CCCC(C)C)CCC32)C1)OC(=O)N(CCCl)CCCl. The van der Waals surface area contributed by atoms with Crippen molar-refractivity contribution in [3.63, 3.8) is 0 Å². The van der Waals surface area contributed by atoms with E-state index >= 15 is 0 Å². The van der Waals surface area contributed by atoms with Crippen molar-refractivity contribution in [2.75, 3.05) is 24.8 Å². The first-order valence-corrected chi connectivity index (χ1v) is 25.1. The second-order valence-corrected chi connectivity index (χ2v) is 20.6. The molecule has 5 nitrogen and oxygen atoms in total. The molecule has 0 bridgehead atoms. The Kier molecular flexibility index (Phi) is 21.2. The molecule has 0 aliphatic heterocycles. The van der Waals surface area contributed by atoms with Gasteiger partial charge in [-0.05, 0) is 123 Å². The van der Waals surface area contributed by atoms with Gasteiger partial charge in [0.1, 0.15) is 12.2 Å². The Hall–Kier alpha value is -1.20. The molecule has 4 aliphatic rings. The van der Waals surface area contributed by atoms with Crippen molar-refractivity contribution < 1.29 is 19.1 Å². The van der Waals surface area contributed by atoms with E-state index in [4.69, 9.17) is 32.7 Å². The van der Waals surface area contributed by atoms with Gasteiger partial charge < -0.3 is 14.4 Å². The van der Waals surface area contributed by atoms with Crippen LogP contribution in [-0.2, 0) is 14.3 Å². The molecule has 4 rings (SSSR count). The molecule has 0 N–H and O–H groups in total. The number of hydrogen-bond donors (Lipinski definition) is 0. The Balaban J connectivity index is 1.11. The fourth-order valence-corrected chi connectivity index (χ4v) is 12.6. The maximum atomic E-state index is 13.0. The second kappa shape index (κ2) is 24.9. The van der Waals surface area contributed by atoms with Gasteiger partial charge in [0.2, 0.25) is 0 Å². The summed E-state index contributed by atoms with van der Waals surface area (Å²) in [6, 6.07) is 0. The molecule has 4 aliphatic carbocycles. The van der Waals surface area contributed by atoms with Crippen LogP contribution in [-0.4, -0.2) is 54.0 Å². The van der Waals surface area contributed by atoms with E-state index < -0.39 is 0 Å². The fraction of sp³-hybridized carbons (Fsp3) is 0.880. The molecular weight excluding hydrogens is 749 g/mol. The van der Waals surface area contributed by atoms with E-state index in [2.05, 4.69) is 59.8 Å². The van der Waals surface area contributed by atoms with Gasteiger partial charge in [0, 0.05) is 44.1 Å². The van der Waals surface area contributed by atoms with Crippen LogP contribution < -0.4 is 0 Å².